The smallest absolute Gasteiger partial charge is 0.224 e. The highest BCUT2D eigenvalue weighted by Crippen LogP contribution is 2.47. The molecule has 1 aliphatic carbocycles. The minimum atomic E-state index is 0. The molecule has 1 fully saturated rings. The Kier molecular flexibility index (Phi) is 5.69. The van der Waals surface area contributed by atoms with E-state index in [-0.39, 0.29) is 24.2 Å². The topological polar surface area (TPSA) is 41.1 Å². The third-order valence-electron chi connectivity index (χ3n) is 5.53. The van der Waals surface area contributed by atoms with Crippen LogP contribution in [-0.2, 0) is 24.4 Å². The number of nitrogens with one attached hydrogen (secondary N) is 2. The standard InChI is InChI=1S/C22H26N2O.ClH/c1-14(2)16-5-7-17(8-6-16)20-10-21(20)22(25)24-11-15-3-4-18-12-23-13-19(18)9-15;/h3-9,14,20-21,23H,10-13H2,1-2H3,(H,24,25);1H. The van der Waals surface area contributed by atoms with Crippen molar-refractivity contribution < 1.29 is 4.79 Å². The molecule has 2 aromatic rings. The molecule has 3 nitrogen and oxygen atoms in total. The van der Waals surface area contributed by atoms with Crippen LogP contribution in [0.3, 0.4) is 0 Å². The maximum atomic E-state index is 12.4. The van der Waals surface area contributed by atoms with Gasteiger partial charge < -0.3 is 10.6 Å². The molecule has 2 unspecified atom stereocenters. The summed E-state index contributed by atoms with van der Waals surface area (Å²) in [7, 11) is 0. The average molecular weight is 371 g/mol. The number of rotatable bonds is 5. The second-order valence-electron chi connectivity index (χ2n) is 7.69. The molecule has 2 atom stereocenters. The van der Waals surface area contributed by atoms with Crippen LogP contribution >= 0.6 is 12.4 Å². The Bertz CT molecular complexity index is 785. The molecule has 1 aliphatic heterocycles. The molecule has 0 radical (unpaired) electrons. The highest BCUT2D eigenvalue weighted by atomic mass is 35.5. The van der Waals surface area contributed by atoms with E-state index < -0.39 is 0 Å². The molecule has 0 saturated heterocycles. The van der Waals surface area contributed by atoms with E-state index in [0.717, 1.165) is 19.5 Å². The van der Waals surface area contributed by atoms with Crippen molar-refractivity contribution in [3.05, 3.63) is 70.3 Å². The first kappa shape index (κ1) is 18.9. The molecule has 2 aromatic carbocycles. The summed E-state index contributed by atoms with van der Waals surface area (Å²) in [5.41, 5.74) is 6.59. The summed E-state index contributed by atoms with van der Waals surface area (Å²) in [6.45, 7) is 6.94. The van der Waals surface area contributed by atoms with Crippen LogP contribution < -0.4 is 10.6 Å². The van der Waals surface area contributed by atoms with Gasteiger partial charge >= 0.3 is 0 Å². The van der Waals surface area contributed by atoms with Gasteiger partial charge in [-0.3, -0.25) is 4.79 Å². The molecule has 4 heteroatoms. The van der Waals surface area contributed by atoms with Crippen LogP contribution in [0, 0.1) is 5.92 Å². The van der Waals surface area contributed by atoms with Crippen molar-refractivity contribution in [2.24, 2.45) is 5.92 Å². The van der Waals surface area contributed by atoms with Crippen molar-refractivity contribution >= 4 is 18.3 Å². The Morgan fingerprint density at radius 1 is 1.12 bits per heavy atom. The van der Waals surface area contributed by atoms with Crippen LogP contribution in [0.4, 0.5) is 0 Å². The van der Waals surface area contributed by atoms with Crippen molar-refractivity contribution in [3.63, 3.8) is 0 Å². The fourth-order valence-electron chi connectivity index (χ4n) is 3.76. The lowest BCUT2D eigenvalue weighted by Gasteiger charge is -2.08. The molecule has 0 bridgehead atoms. The summed E-state index contributed by atoms with van der Waals surface area (Å²) in [6, 6.07) is 15.3. The molecule has 2 N–H and O–H groups in total. The maximum absolute atomic E-state index is 12.4. The van der Waals surface area contributed by atoms with Crippen LogP contribution in [0.25, 0.3) is 0 Å². The number of amides is 1. The van der Waals surface area contributed by atoms with Crippen molar-refractivity contribution in [2.45, 2.75) is 51.7 Å². The van der Waals surface area contributed by atoms with Gasteiger partial charge in [-0.15, -0.1) is 12.4 Å². The van der Waals surface area contributed by atoms with E-state index in [1.807, 2.05) is 0 Å². The third kappa shape index (κ3) is 3.94. The lowest BCUT2D eigenvalue weighted by atomic mass is 10.00. The van der Waals surface area contributed by atoms with E-state index in [1.54, 1.807) is 0 Å². The first-order valence-corrected chi connectivity index (χ1v) is 9.31. The predicted octanol–water partition coefficient (Wildman–Crippen LogP) is 4.25. The normalized spacial score (nSPS) is 20.4. The van der Waals surface area contributed by atoms with Crippen molar-refractivity contribution in [1.82, 2.24) is 10.6 Å². The van der Waals surface area contributed by atoms with E-state index in [2.05, 4.69) is 66.9 Å². The number of carbonyl (C=O) groups excluding carboxylic acids is 1. The fraction of sp³-hybridized carbons (Fsp3) is 0.409. The van der Waals surface area contributed by atoms with Crippen molar-refractivity contribution in [3.8, 4) is 0 Å². The number of hydrogen-bond acceptors (Lipinski definition) is 2. The summed E-state index contributed by atoms with van der Waals surface area (Å²) < 4.78 is 0. The molecule has 1 amide bonds. The summed E-state index contributed by atoms with van der Waals surface area (Å²) in [5, 5.41) is 6.48. The largest absolute Gasteiger partial charge is 0.352 e. The average Bonchev–Trinajstić information content (AvgIpc) is 3.29. The number of halogens is 1. The maximum Gasteiger partial charge on any atom is 0.224 e. The number of fused-ring (bicyclic) bond motifs is 1. The lowest BCUT2D eigenvalue weighted by molar-refractivity contribution is -0.122. The summed E-state index contributed by atoms with van der Waals surface area (Å²) >= 11 is 0. The highest BCUT2D eigenvalue weighted by molar-refractivity contribution is 5.85. The Labute approximate surface area is 162 Å². The van der Waals surface area contributed by atoms with Gasteiger partial charge in [0.2, 0.25) is 5.91 Å². The number of benzene rings is 2. The molecule has 138 valence electrons. The Morgan fingerprint density at radius 2 is 1.85 bits per heavy atom. The third-order valence-corrected chi connectivity index (χ3v) is 5.53. The molecule has 0 aromatic heterocycles. The minimum absolute atomic E-state index is 0. The molecule has 0 spiro atoms. The van der Waals surface area contributed by atoms with E-state index in [4.69, 9.17) is 0 Å². The number of carbonyl (C=O) groups is 1. The van der Waals surface area contributed by atoms with E-state index >= 15 is 0 Å². The fourth-order valence-corrected chi connectivity index (χ4v) is 3.76. The second kappa shape index (κ2) is 7.81. The second-order valence-corrected chi connectivity index (χ2v) is 7.69. The Balaban J connectivity index is 0.00000196. The molecular formula is C22H27ClN2O. The zero-order chi connectivity index (χ0) is 17.4. The van der Waals surface area contributed by atoms with Gasteiger partial charge in [-0.05, 0) is 46.1 Å². The summed E-state index contributed by atoms with van der Waals surface area (Å²) in [4.78, 5) is 12.4. The van der Waals surface area contributed by atoms with Crippen molar-refractivity contribution in [2.75, 3.05) is 0 Å². The van der Waals surface area contributed by atoms with Gasteiger partial charge in [0.1, 0.15) is 0 Å². The van der Waals surface area contributed by atoms with Crippen molar-refractivity contribution in [1.29, 1.82) is 0 Å². The molecule has 1 saturated carbocycles. The minimum Gasteiger partial charge on any atom is -0.352 e. The zero-order valence-corrected chi connectivity index (χ0v) is 16.2. The quantitative estimate of drug-likeness (QED) is 0.825. The van der Waals surface area contributed by atoms with Crippen LogP contribution in [0.5, 0.6) is 0 Å². The highest BCUT2D eigenvalue weighted by Gasteiger charge is 2.43. The van der Waals surface area contributed by atoms with Gasteiger partial charge in [-0.1, -0.05) is 56.3 Å². The summed E-state index contributed by atoms with van der Waals surface area (Å²) in [5.74, 6) is 1.28. The molecular weight excluding hydrogens is 344 g/mol. The Hall–Kier alpha value is -1.84. The first-order valence-electron chi connectivity index (χ1n) is 9.31. The van der Waals surface area contributed by atoms with Crippen LogP contribution in [0.2, 0.25) is 0 Å². The number of hydrogen-bond donors (Lipinski definition) is 2. The van der Waals surface area contributed by atoms with Gasteiger partial charge in [0.15, 0.2) is 0 Å². The van der Waals surface area contributed by atoms with Crippen LogP contribution in [-0.4, -0.2) is 5.91 Å². The zero-order valence-electron chi connectivity index (χ0n) is 15.4. The molecule has 1 heterocycles. The van der Waals surface area contributed by atoms with Gasteiger partial charge in [-0.25, -0.2) is 0 Å². The SMILES string of the molecule is CC(C)c1ccc(C2CC2C(=O)NCc2ccc3c(c2)CNC3)cc1.Cl. The monoisotopic (exact) mass is 370 g/mol. The van der Waals surface area contributed by atoms with E-state index in [9.17, 15) is 4.79 Å². The van der Waals surface area contributed by atoms with Gasteiger partial charge in [-0.2, -0.15) is 0 Å². The Morgan fingerprint density at radius 3 is 2.58 bits per heavy atom. The summed E-state index contributed by atoms with van der Waals surface area (Å²) in [6.07, 6.45) is 0.973. The van der Waals surface area contributed by atoms with E-state index in [1.165, 1.54) is 27.8 Å². The lowest BCUT2D eigenvalue weighted by Crippen LogP contribution is -2.24. The molecule has 4 rings (SSSR count). The van der Waals surface area contributed by atoms with Gasteiger partial charge in [0, 0.05) is 25.6 Å². The van der Waals surface area contributed by atoms with Crippen LogP contribution in [0.15, 0.2) is 42.5 Å². The predicted molar refractivity (Wildman–Crippen MR) is 107 cm³/mol. The van der Waals surface area contributed by atoms with Gasteiger partial charge in [0.25, 0.3) is 0 Å². The van der Waals surface area contributed by atoms with E-state index in [0.29, 0.717) is 18.4 Å². The molecule has 2 aliphatic rings. The van der Waals surface area contributed by atoms with Gasteiger partial charge in [0.05, 0.1) is 0 Å². The van der Waals surface area contributed by atoms with Crippen LogP contribution in [0.1, 0.15) is 59.9 Å². The molecule has 26 heavy (non-hydrogen) atoms. The first-order chi connectivity index (χ1) is 12.1.